The average Bonchev–Trinajstić information content (AvgIpc) is 3.47. The Hall–Kier alpha value is -2.99. The number of halogens is 1. The molecule has 0 spiro atoms. The third-order valence-electron chi connectivity index (χ3n) is 5.27. The van der Waals surface area contributed by atoms with E-state index in [0.717, 1.165) is 29.8 Å². The van der Waals surface area contributed by atoms with Crippen LogP contribution in [0.25, 0.3) is 5.69 Å². The van der Waals surface area contributed by atoms with Crippen molar-refractivity contribution in [2.75, 3.05) is 20.6 Å². The van der Waals surface area contributed by atoms with E-state index in [0.29, 0.717) is 18.2 Å². The summed E-state index contributed by atoms with van der Waals surface area (Å²) in [5, 5.41) is 7.71. The van der Waals surface area contributed by atoms with E-state index in [4.69, 9.17) is 5.10 Å². The van der Waals surface area contributed by atoms with E-state index in [9.17, 15) is 9.18 Å². The Balaban J connectivity index is 1.56. The second-order valence-electron chi connectivity index (χ2n) is 7.72. The number of likely N-dealkylation sites (N-methyl/N-ethyl adjacent to an activating group) is 1. The number of para-hydroxylation sites is 1. The molecule has 5 nitrogen and oxygen atoms in total. The van der Waals surface area contributed by atoms with Crippen LogP contribution in [0.1, 0.15) is 46.5 Å². The Morgan fingerprint density at radius 1 is 1.17 bits per heavy atom. The van der Waals surface area contributed by atoms with E-state index in [-0.39, 0.29) is 17.8 Å². The lowest BCUT2D eigenvalue weighted by atomic mass is 10.1. The molecule has 0 unspecified atom stereocenters. The number of rotatable bonds is 7. The van der Waals surface area contributed by atoms with Crippen molar-refractivity contribution in [2.24, 2.45) is 0 Å². The molecule has 29 heavy (non-hydrogen) atoms. The smallest absolute Gasteiger partial charge is 0.270 e. The number of nitrogens with one attached hydrogen (secondary N) is 1. The molecular weight excluding hydrogens is 367 g/mol. The van der Waals surface area contributed by atoms with Crippen LogP contribution in [-0.4, -0.2) is 41.2 Å². The molecule has 0 saturated heterocycles. The maximum atomic E-state index is 13.7. The van der Waals surface area contributed by atoms with Crippen molar-refractivity contribution in [3.8, 4) is 5.69 Å². The first kappa shape index (κ1) is 19.3. The van der Waals surface area contributed by atoms with Crippen LogP contribution in [0.5, 0.6) is 0 Å². The number of benzene rings is 2. The molecule has 2 aromatic carbocycles. The number of carbonyl (C=O) groups excluding carboxylic acids is 1. The van der Waals surface area contributed by atoms with Gasteiger partial charge in [-0.25, -0.2) is 9.07 Å². The highest BCUT2D eigenvalue weighted by Crippen LogP contribution is 2.39. The van der Waals surface area contributed by atoms with E-state index < -0.39 is 0 Å². The summed E-state index contributed by atoms with van der Waals surface area (Å²) in [6.07, 6.45) is 2.24. The molecule has 0 radical (unpaired) electrons. The zero-order chi connectivity index (χ0) is 20.4. The van der Waals surface area contributed by atoms with Gasteiger partial charge < -0.3 is 10.2 Å². The van der Waals surface area contributed by atoms with Gasteiger partial charge in [0.15, 0.2) is 0 Å². The third kappa shape index (κ3) is 4.38. The maximum Gasteiger partial charge on any atom is 0.270 e. The van der Waals surface area contributed by atoms with E-state index in [1.54, 1.807) is 10.7 Å². The number of amides is 1. The Kier molecular flexibility index (Phi) is 5.45. The maximum absolute atomic E-state index is 13.7. The lowest BCUT2D eigenvalue weighted by Gasteiger charge is -2.25. The summed E-state index contributed by atoms with van der Waals surface area (Å²) in [6, 6.07) is 17.9. The van der Waals surface area contributed by atoms with Crippen LogP contribution >= 0.6 is 0 Å². The molecule has 1 aliphatic rings. The fourth-order valence-electron chi connectivity index (χ4n) is 3.50. The van der Waals surface area contributed by atoms with Gasteiger partial charge in [0.2, 0.25) is 0 Å². The van der Waals surface area contributed by atoms with Crippen molar-refractivity contribution in [1.82, 2.24) is 20.0 Å². The van der Waals surface area contributed by atoms with Crippen LogP contribution in [0, 0.1) is 5.82 Å². The first-order valence-electron chi connectivity index (χ1n) is 9.88. The van der Waals surface area contributed by atoms with Gasteiger partial charge in [-0.3, -0.25) is 4.79 Å². The van der Waals surface area contributed by atoms with Crippen molar-refractivity contribution in [3.63, 3.8) is 0 Å². The summed E-state index contributed by atoms with van der Waals surface area (Å²) in [5.74, 6) is -0.0123. The number of hydrogen-bond donors (Lipinski definition) is 1. The highest BCUT2D eigenvalue weighted by Gasteiger charge is 2.29. The number of hydrogen-bond acceptors (Lipinski definition) is 3. The molecule has 1 atom stereocenters. The highest BCUT2D eigenvalue weighted by atomic mass is 19.1. The van der Waals surface area contributed by atoms with Crippen molar-refractivity contribution in [3.05, 3.63) is 83.4 Å². The Labute approximate surface area is 170 Å². The minimum absolute atomic E-state index is 0.134. The van der Waals surface area contributed by atoms with Gasteiger partial charge in [-0.2, -0.15) is 5.10 Å². The van der Waals surface area contributed by atoms with Crippen LogP contribution in [-0.2, 0) is 0 Å². The zero-order valence-corrected chi connectivity index (χ0v) is 16.7. The molecule has 4 rings (SSSR count). The lowest BCUT2D eigenvalue weighted by Crippen LogP contribution is -2.35. The van der Waals surface area contributed by atoms with Crippen LogP contribution in [0.4, 0.5) is 4.39 Å². The molecule has 1 heterocycles. The SMILES string of the molecule is CN(C)[C@@H](CNC(=O)c1cc(C2CC2)nn1-c1ccccc1)c1cccc(F)c1. The third-order valence-corrected chi connectivity index (χ3v) is 5.27. The van der Waals surface area contributed by atoms with Crippen molar-refractivity contribution in [1.29, 1.82) is 0 Å². The van der Waals surface area contributed by atoms with Gasteiger partial charge in [-0.1, -0.05) is 30.3 Å². The van der Waals surface area contributed by atoms with Crippen LogP contribution < -0.4 is 5.32 Å². The zero-order valence-electron chi connectivity index (χ0n) is 16.7. The molecule has 1 saturated carbocycles. The summed E-state index contributed by atoms with van der Waals surface area (Å²) < 4.78 is 15.4. The number of aromatic nitrogens is 2. The standard InChI is InChI=1S/C23H25FN4O/c1-27(2)22(17-7-6-8-18(24)13-17)15-25-23(29)21-14-20(16-11-12-16)26-28(21)19-9-4-3-5-10-19/h3-10,13-14,16,22H,11-12,15H2,1-2H3,(H,25,29)/t22-/m0/s1. The fraction of sp³-hybridized carbons (Fsp3) is 0.304. The molecule has 150 valence electrons. The Bertz CT molecular complexity index is 995. The fourth-order valence-corrected chi connectivity index (χ4v) is 3.50. The van der Waals surface area contributed by atoms with Gasteiger partial charge in [-0.05, 0) is 62.8 Å². The first-order valence-corrected chi connectivity index (χ1v) is 9.88. The van der Waals surface area contributed by atoms with E-state index in [1.807, 2.05) is 61.5 Å². The van der Waals surface area contributed by atoms with Crippen molar-refractivity contribution < 1.29 is 9.18 Å². The molecule has 1 fully saturated rings. The summed E-state index contributed by atoms with van der Waals surface area (Å²) in [6.45, 7) is 0.369. The van der Waals surface area contributed by atoms with Gasteiger partial charge in [0.05, 0.1) is 17.4 Å². The number of carbonyl (C=O) groups is 1. The monoisotopic (exact) mass is 392 g/mol. The summed E-state index contributed by atoms with van der Waals surface area (Å²) in [4.78, 5) is 15.0. The number of nitrogens with zero attached hydrogens (tertiary/aromatic N) is 3. The highest BCUT2D eigenvalue weighted by molar-refractivity contribution is 5.93. The lowest BCUT2D eigenvalue weighted by molar-refractivity contribution is 0.0934. The summed E-state index contributed by atoms with van der Waals surface area (Å²) in [7, 11) is 3.84. The molecule has 1 aliphatic carbocycles. The van der Waals surface area contributed by atoms with Crippen LogP contribution in [0.15, 0.2) is 60.7 Å². The van der Waals surface area contributed by atoms with Crippen LogP contribution in [0.3, 0.4) is 0 Å². The average molecular weight is 392 g/mol. The molecular formula is C23H25FN4O. The molecule has 0 aliphatic heterocycles. The van der Waals surface area contributed by atoms with Crippen molar-refractivity contribution in [2.45, 2.75) is 24.8 Å². The van der Waals surface area contributed by atoms with E-state index >= 15 is 0 Å². The Morgan fingerprint density at radius 3 is 2.59 bits per heavy atom. The predicted octanol–water partition coefficient (Wildman–Crippen LogP) is 3.92. The normalized spacial score (nSPS) is 14.8. The molecule has 1 amide bonds. The Morgan fingerprint density at radius 2 is 1.93 bits per heavy atom. The topological polar surface area (TPSA) is 50.2 Å². The molecule has 6 heteroatoms. The molecule has 0 bridgehead atoms. The van der Waals surface area contributed by atoms with Gasteiger partial charge >= 0.3 is 0 Å². The molecule has 3 aromatic rings. The van der Waals surface area contributed by atoms with Crippen LogP contribution in [0.2, 0.25) is 0 Å². The predicted molar refractivity (Wildman–Crippen MR) is 111 cm³/mol. The van der Waals surface area contributed by atoms with Crippen molar-refractivity contribution >= 4 is 5.91 Å². The summed E-state index contributed by atoms with van der Waals surface area (Å²) in [5.41, 5.74) is 3.17. The second kappa shape index (κ2) is 8.17. The van der Waals surface area contributed by atoms with Gasteiger partial charge in [0, 0.05) is 12.5 Å². The van der Waals surface area contributed by atoms with E-state index in [1.165, 1.54) is 12.1 Å². The van der Waals surface area contributed by atoms with E-state index in [2.05, 4.69) is 5.32 Å². The second-order valence-corrected chi connectivity index (χ2v) is 7.72. The summed E-state index contributed by atoms with van der Waals surface area (Å²) >= 11 is 0. The minimum Gasteiger partial charge on any atom is -0.349 e. The van der Waals surface area contributed by atoms with Gasteiger partial charge in [-0.15, -0.1) is 0 Å². The molecule has 1 N–H and O–H groups in total. The molecule has 1 aromatic heterocycles. The quantitative estimate of drug-likeness (QED) is 0.663. The van der Waals surface area contributed by atoms with Gasteiger partial charge in [0.25, 0.3) is 5.91 Å². The largest absolute Gasteiger partial charge is 0.349 e. The minimum atomic E-state index is -0.281. The van der Waals surface area contributed by atoms with Gasteiger partial charge in [0.1, 0.15) is 11.5 Å². The first-order chi connectivity index (χ1) is 14.0.